The van der Waals surface area contributed by atoms with Crippen LogP contribution in [0.3, 0.4) is 0 Å². The van der Waals surface area contributed by atoms with Crippen molar-refractivity contribution in [1.29, 1.82) is 0 Å². The standard InChI is InChI=1S/C19H40N2O4.C2H4O4/c1-16(2,17(3,4)20(9)10)14-23-15(22)13-24-25-19(7,8)18(5,6)21(11)12;3-2(4)1-6-5/h13-14H2,1-12H3;5H,1H2,(H,3,4). The Hall–Kier alpha value is -1.30. The molecule has 0 fully saturated rings. The Bertz CT molecular complexity index is 558. The van der Waals surface area contributed by atoms with E-state index in [0.29, 0.717) is 6.61 Å². The smallest absolute Gasteiger partial charge is 0.335 e. The van der Waals surface area contributed by atoms with Gasteiger partial charge >= 0.3 is 11.9 Å². The van der Waals surface area contributed by atoms with Gasteiger partial charge in [-0.05, 0) is 69.7 Å². The van der Waals surface area contributed by atoms with Crippen LogP contribution >= 0.6 is 0 Å². The van der Waals surface area contributed by atoms with Crippen LogP contribution in [0.25, 0.3) is 0 Å². The van der Waals surface area contributed by atoms with E-state index in [1.807, 2.05) is 42.0 Å². The number of nitrogens with zero attached hydrogens (tertiary/aromatic N) is 2. The third-order valence-corrected chi connectivity index (χ3v) is 6.59. The molecule has 0 aliphatic rings. The highest BCUT2D eigenvalue weighted by Gasteiger charge is 2.42. The number of carboxylic acid groups (broad SMARTS) is 1. The van der Waals surface area contributed by atoms with Crippen LogP contribution in [0, 0.1) is 5.41 Å². The SMILES string of the molecule is CN(C)C(C)(C)C(C)(C)COC(=O)COOC(C)(C)C(C)(C)N(C)C.O=C(O)COO. The summed E-state index contributed by atoms with van der Waals surface area (Å²) in [6, 6.07) is 0. The van der Waals surface area contributed by atoms with Crippen LogP contribution < -0.4 is 0 Å². The number of carbonyl (C=O) groups excluding carboxylic acids is 1. The maximum Gasteiger partial charge on any atom is 0.335 e. The van der Waals surface area contributed by atoms with Crippen molar-refractivity contribution in [3.05, 3.63) is 0 Å². The van der Waals surface area contributed by atoms with Gasteiger partial charge in [0.25, 0.3) is 0 Å². The number of rotatable bonds is 12. The molecule has 0 aliphatic heterocycles. The third kappa shape index (κ3) is 10.2. The van der Waals surface area contributed by atoms with Gasteiger partial charge in [0.15, 0.2) is 13.2 Å². The van der Waals surface area contributed by atoms with Crippen LogP contribution in [0.15, 0.2) is 0 Å². The molecule has 0 amide bonds. The van der Waals surface area contributed by atoms with Crippen molar-refractivity contribution in [1.82, 2.24) is 9.80 Å². The molecular weight excluding hydrogens is 408 g/mol. The fourth-order valence-electron chi connectivity index (χ4n) is 2.01. The first-order valence-electron chi connectivity index (χ1n) is 10.1. The predicted octanol–water partition coefficient (Wildman–Crippen LogP) is 2.52. The van der Waals surface area contributed by atoms with Crippen LogP contribution in [0.2, 0.25) is 0 Å². The van der Waals surface area contributed by atoms with Gasteiger partial charge in [0.05, 0.1) is 6.61 Å². The lowest BCUT2D eigenvalue weighted by Crippen LogP contribution is -2.56. The van der Waals surface area contributed by atoms with E-state index in [2.05, 4.69) is 56.2 Å². The number of esters is 1. The molecule has 0 atom stereocenters. The molecule has 0 bridgehead atoms. The summed E-state index contributed by atoms with van der Waals surface area (Å²) in [5.41, 5.74) is -1.20. The van der Waals surface area contributed by atoms with Gasteiger partial charge in [0, 0.05) is 16.5 Å². The topological polar surface area (TPSA) is 118 Å². The average molecular weight is 453 g/mol. The molecule has 31 heavy (non-hydrogen) atoms. The zero-order valence-electron chi connectivity index (χ0n) is 21.4. The normalized spacial score (nSPS) is 13.1. The molecule has 0 aliphatic carbocycles. The van der Waals surface area contributed by atoms with Gasteiger partial charge in [-0.25, -0.2) is 24.3 Å². The highest BCUT2D eigenvalue weighted by atomic mass is 17.2. The monoisotopic (exact) mass is 452 g/mol. The molecule has 0 radical (unpaired) electrons. The van der Waals surface area contributed by atoms with Crippen molar-refractivity contribution >= 4 is 11.9 Å². The minimum absolute atomic E-state index is 0.123. The molecule has 0 saturated carbocycles. The van der Waals surface area contributed by atoms with Crippen molar-refractivity contribution < 1.29 is 39.4 Å². The van der Waals surface area contributed by atoms with Crippen LogP contribution in [0.5, 0.6) is 0 Å². The molecular formula is C21H44N2O8. The Morgan fingerprint density at radius 2 is 1.26 bits per heavy atom. The second kappa shape index (κ2) is 12.7. The van der Waals surface area contributed by atoms with Crippen molar-refractivity contribution in [3.8, 4) is 0 Å². The van der Waals surface area contributed by atoms with Crippen LogP contribution in [-0.2, 0) is 29.0 Å². The number of hydrogen-bond donors (Lipinski definition) is 2. The minimum Gasteiger partial charge on any atom is -0.479 e. The molecule has 2 N–H and O–H groups in total. The molecule has 0 aromatic heterocycles. The maximum atomic E-state index is 12.0. The van der Waals surface area contributed by atoms with E-state index in [1.165, 1.54) is 0 Å². The third-order valence-electron chi connectivity index (χ3n) is 6.59. The Morgan fingerprint density at radius 3 is 1.58 bits per heavy atom. The number of hydrogen-bond acceptors (Lipinski definition) is 9. The number of carbonyl (C=O) groups is 2. The maximum absolute atomic E-state index is 12.0. The molecule has 186 valence electrons. The average Bonchev–Trinajstić information content (AvgIpc) is 2.59. The van der Waals surface area contributed by atoms with Crippen molar-refractivity contribution in [2.75, 3.05) is 48.0 Å². The van der Waals surface area contributed by atoms with Crippen molar-refractivity contribution in [2.45, 2.75) is 72.1 Å². The second-order valence-electron chi connectivity index (χ2n) is 9.97. The van der Waals surface area contributed by atoms with Crippen molar-refractivity contribution in [3.63, 3.8) is 0 Å². The summed E-state index contributed by atoms with van der Waals surface area (Å²) in [5.74, 6) is -1.61. The van der Waals surface area contributed by atoms with E-state index >= 15 is 0 Å². The van der Waals surface area contributed by atoms with Gasteiger partial charge in [-0.3, -0.25) is 5.26 Å². The molecule has 0 aromatic rings. The van der Waals surface area contributed by atoms with E-state index in [9.17, 15) is 9.59 Å². The molecule has 0 rings (SSSR count). The number of ether oxygens (including phenoxy) is 1. The van der Waals surface area contributed by atoms with Gasteiger partial charge in [0.1, 0.15) is 5.60 Å². The summed E-state index contributed by atoms with van der Waals surface area (Å²) in [6.07, 6.45) is 0. The summed E-state index contributed by atoms with van der Waals surface area (Å²) >= 11 is 0. The zero-order chi connectivity index (χ0) is 25.3. The molecule has 0 unspecified atom stereocenters. The highest BCUT2D eigenvalue weighted by molar-refractivity contribution is 5.70. The first-order chi connectivity index (χ1) is 13.8. The molecule has 0 heterocycles. The lowest BCUT2D eigenvalue weighted by atomic mass is 9.74. The van der Waals surface area contributed by atoms with E-state index in [1.54, 1.807) is 0 Å². The summed E-state index contributed by atoms with van der Waals surface area (Å²) in [5, 5.41) is 15.0. The molecule has 10 heteroatoms. The Morgan fingerprint density at radius 1 is 0.806 bits per heavy atom. The van der Waals surface area contributed by atoms with Gasteiger partial charge in [-0.1, -0.05) is 13.8 Å². The summed E-state index contributed by atoms with van der Waals surface area (Å²) < 4.78 is 5.41. The molecule has 10 nitrogen and oxygen atoms in total. The van der Waals surface area contributed by atoms with E-state index in [0.717, 1.165) is 0 Å². The predicted molar refractivity (Wildman–Crippen MR) is 118 cm³/mol. The van der Waals surface area contributed by atoms with Gasteiger partial charge < -0.3 is 19.6 Å². The lowest BCUT2D eigenvalue weighted by Gasteiger charge is -2.46. The van der Waals surface area contributed by atoms with Crippen LogP contribution in [0.1, 0.15) is 55.4 Å². The highest BCUT2D eigenvalue weighted by Crippen LogP contribution is 2.34. The summed E-state index contributed by atoms with van der Waals surface area (Å²) in [7, 11) is 8.01. The van der Waals surface area contributed by atoms with Crippen LogP contribution in [-0.4, -0.2) is 96.8 Å². The fourth-order valence-corrected chi connectivity index (χ4v) is 2.01. The fraction of sp³-hybridized carbons (Fsp3) is 0.905. The van der Waals surface area contributed by atoms with Gasteiger partial charge in [0.2, 0.25) is 0 Å². The van der Waals surface area contributed by atoms with Crippen molar-refractivity contribution in [2.24, 2.45) is 5.41 Å². The largest absolute Gasteiger partial charge is 0.479 e. The van der Waals surface area contributed by atoms with Gasteiger partial charge in [-0.15, -0.1) is 0 Å². The quantitative estimate of drug-likeness (QED) is 0.260. The van der Waals surface area contributed by atoms with Gasteiger partial charge in [-0.2, -0.15) is 0 Å². The number of likely N-dealkylation sites (N-methyl/N-ethyl adjacent to an activating group) is 1. The van der Waals surface area contributed by atoms with E-state index in [-0.39, 0.29) is 23.1 Å². The van der Waals surface area contributed by atoms with Crippen LogP contribution in [0.4, 0.5) is 0 Å². The summed E-state index contributed by atoms with van der Waals surface area (Å²) in [4.78, 5) is 39.4. The van der Waals surface area contributed by atoms with E-state index in [4.69, 9.17) is 24.9 Å². The summed E-state index contributed by atoms with van der Waals surface area (Å²) in [6.45, 7) is 15.8. The Balaban J connectivity index is 0. The lowest BCUT2D eigenvalue weighted by molar-refractivity contribution is -0.369. The zero-order valence-corrected chi connectivity index (χ0v) is 21.4. The second-order valence-corrected chi connectivity index (χ2v) is 9.97. The Labute approximate surface area is 187 Å². The molecule has 0 aromatic carbocycles. The Kier molecular flexibility index (Phi) is 13.0. The molecule has 0 saturated heterocycles. The first kappa shape index (κ1) is 31.9. The number of carboxylic acids is 1. The minimum atomic E-state index is -1.18. The van der Waals surface area contributed by atoms with E-state index < -0.39 is 24.1 Å². The number of aliphatic carboxylic acids is 1. The first-order valence-corrected chi connectivity index (χ1v) is 10.1. The molecule has 0 spiro atoms.